The number of pyridine rings is 1. The Kier molecular flexibility index (Phi) is 6.63. The van der Waals surface area contributed by atoms with Crippen molar-refractivity contribution in [3.05, 3.63) is 23.9 Å². The Bertz CT molecular complexity index is 611. The minimum atomic E-state index is -0.445. The molecule has 0 saturated carbocycles. The number of hydrogen-bond donors (Lipinski definition) is 0. The van der Waals surface area contributed by atoms with E-state index >= 15 is 0 Å². The third-order valence-corrected chi connectivity index (χ3v) is 4.15. The van der Waals surface area contributed by atoms with Crippen molar-refractivity contribution in [1.82, 2.24) is 9.88 Å². The Labute approximate surface area is 149 Å². The molecule has 1 aromatic rings. The van der Waals surface area contributed by atoms with Crippen LogP contribution in [-0.2, 0) is 4.74 Å². The topological polar surface area (TPSA) is 75.4 Å². The van der Waals surface area contributed by atoms with Crippen LogP contribution in [0.2, 0.25) is 0 Å². The molecule has 0 aliphatic carbocycles. The lowest BCUT2D eigenvalue weighted by Crippen LogP contribution is -2.41. The molecule has 1 fully saturated rings. The van der Waals surface area contributed by atoms with Crippen LogP contribution in [0.25, 0.3) is 0 Å². The summed E-state index contributed by atoms with van der Waals surface area (Å²) in [4.78, 5) is 17.9. The van der Waals surface area contributed by atoms with Crippen molar-refractivity contribution >= 4 is 6.09 Å². The van der Waals surface area contributed by atoms with Crippen LogP contribution in [0.1, 0.15) is 52.0 Å². The van der Waals surface area contributed by atoms with E-state index in [0.717, 1.165) is 38.8 Å². The molecule has 2 heterocycles. The van der Waals surface area contributed by atoms with Crippen LogP contribution < -0.4 is 4.74 Å². The van der Waals surface area contributed by atoms with Gasteiger partial charge in [0, 0.05) is 19.3 Å². The van der Waals surface area contributed by atoms with E-state index in [2.05, 4.69) is 11.1 Å². The van der Waals surface area contributed by atoms with E-state index in [1.165, 1.54) is 0 Å². The molecule has 0 radical (unpaired) electrons. The summed E-state index contributed by atoms with van der Waals surface area (Å²) in [5.74, 6) is 1.01. The van der Waals surface area contributed by atoms with Crippen molar-refractivity contribution in [3.63, 3.8) is 0 Å². The van der Waals surface area contributed by atoms with Crippen LogP contribution in [0.15, 0.2) is 18.3 Å². The molecular weight excluding hydrogens is 318 g/mol. The molecule has 0 atom stereocenters. The SMILES string of the molecule is CC(C)(C)OC(=O)N1CCC(CCCOc2ncccc2C#N)CC1. The maximum absolute atomic E-state index is 12.0. The molecule has 1 aromatic heterocycles. The molecular formula is C19H27N3O3. The summed E-state index contributed by atoms with van der Waals surface area (Å²) >= 11 is 0. The maximum atomic E-state index is 12.0. The van der Waals surface area contributed by atoms with Crippen LogP contribution in [-0.4, -0.2) is 41.3 Å². The molecule has 25 heavy (non-hydrogen) atoms. The lowest BCUT2D eigenvalue weighted by Gasteiger charge is -2.33. The monoisotopic (exact) mass is 345 g/mol. The Morgan fingerprint density at radius 2 is 2.12 bits per heavy atom. The lowest BCUT2D eigenvalue weighted by molar-refractivity contribution is 0.0179. The van der Waals surface area contributed by atoms with Crippen LogP contribution in [0.3, 0.4) is 0 Å². The Hall–Kier alpha value is -2.29. The van der Waals surface area contributed by atoms with Gasteiger partial charge in [-0.25, -0.2) is 9.78 Å². The van der Waals surface area contributed by atoms with E-state index in [-0.39, 0.29) is 6.09 Å². The first-order valence-corrected chi connectivity index (χ1v) is 8.85. The number of nitrogens with zero attached hydrogens (tertiary/aromatic N) is 3. The molecule has 2 rings (SSSR count). The minimum Gasteiger partial charge on any atom is -0.477 e. The molecule has 136 valence electrons. The zero-order chi connectivity index (χ0) is 18.3. The summed E-state index contributed by atoms with van der Waals surface area (Å²) in [5.41, 5.74) is 0.0205. The quantitative estimate of drug-likeness (QED) is 0.760. The summed E-state index contributed by atoms with van der Waals surface area (Å²) < 4.78 is 11.0. The number of carbonyl (C=O) groups excluding carboxylic acids is 1. The summed E-state index contributed by atoms with van der Waals surface area (Å²) in [6.45, 7) is 7.71. The first kappa shape index (κ1) is 19.0. The second-order valence-electron chi connectivity index (χ2n) is 7.37. The van der Waals surface area contributed by atoms with E-state index in [1.54, 1.807) is 23.2 Å². The second-order valence-corrected chi connectivity index (χ2v) is 7.37. The molecule has 6 heteroatoms. The number of amides is 1. The van der Waals surface area contributed by atoms with Gasteiger partial charge in [-0.05, 0) is 64.5 Å². The highest BCUT2D eigenvalue weighted by molar-refractivity contribution is 5.68. The molecule has 0 bridgehead atoms. The smallest absolute Gasteiger partial charge is 0.410 e. The first-order chi connectivity index (χ1) is 11.9. The van der Waals surface area contributed by atoms with Crippen molar-refractivity contribution < 1.29 is 14.3 Å². The highest BCUT2D eigenvalue weighted by Gasteiger charge is 2.26. The van der Waals surface area contributed by atoms with Crippen molar-refractivity contribution in [3.8, 4) is 11.9 Å². The first-order valence-electron chi connectivity index (χ1n) is 8.85. The predicted octanol–water partition coefficient (Wildman–Crippen LogP) is 3.76. The fraction of sp³-hybridized carbons (Fsp3) is 0.632. The van der Waals surface area contributed by atoms with E-state index in [4.69, 9.17) is 14.7 Å². The van der Waals surface area contributed by atoms with Gasteiger partial charge < -0.3 is 14.4 Å². The molecule has 0 aromatic carbocycles. The average molecular weight is 345 g/mol. The van der Waals surface area contributed by atoms with Crippen LogP contribution in [0.5, 0.6) is 5.88 Å². The van der Waals surface area contributed by atoms with E-state index < -0.39 is 5.60 Å². The highest BCUT2D eigenvalue weighted by Crippen LogP contribution is 2.23. The Morgan fingerprint density at radius 3 is 2.76 bits per heavy atom. The van der Waals surface area contributed by atoms with E-state index in [9.17, 15) is 4.79 Å². The van der Waals surface area contributed by atoms with Gasteiger partial charge in [-0.15, -0.1) is 0 Å². The van der Waals surface area contributed by atoms with Crippen molar-refractivity contribution in [2.24, 2.45) is 5.92 Å². The van der Waals surface area contributed by atoms with Crippen LogP contribution in [0, 0.1) is 17.2 Å². The predicted molar refractivity (Wildman–Crippen MR) is 94.2 cm³/mol. The number of nitriles is 1. The number of hydrogen-bond acceptors (Lipinski definition) is 5. The number of aromatic nitrogens is 1. The third kappa shape index (κ3) is 6.26. The van der Waals surface area contributed by atoms with Crippen molar-refractivity contribution in [1.29, 1.82) is 5.26 Å². The molecule has 1 aliphatic rings. The number of piperidine rings is 1. The van der Waals surface area contributed by atoms with Gasteiger partial charge in [-0.1, -0.05) is 0 Å². The van der Waals surface area contributed by atoms with Gasteiger partial charge >= 0.3 is 6.09 Å². The number of rotatable bonds is 5. The fourth-order valence-corrected chi connectivity index (χ4v) is 2.86. The standard InChI is InChI=1S/C19H27N3O3/c1-19(2,3)25-18(23)22-11-8-15(9-12-22)6-5-13-24-17-16(14-20)7-4-10-21-17/h4,7,10,15H,5-6,8-9,11-13H2,1-3H3. The Balaban J connectivity index is 1.66. The maximum Gasteiger partial charge on any atom is 0.410 e. The van der Waals surface area contributed by atoms with E-state index in [0.29, 0.717) is 24.0 Å². The molecule has 6 nitrogen and oxygen atoms in total. The second kappa shape index (κ2) is 8.70. The third-order valence-electron chi connectivity index (χ3n) is 4.15. The largest absolute Gasteiger partial charge is 0.477 e. The summed E-state index contributed by atoms with van der Waals surface area (Å²) in [7, 11) is 0. The zero-order valence-electron chi connectivity index (χ0n) is 15.3. The van der Waals surface area contributed by atoms with Gasteiger partial charge in [0.1, 0.15) is 17.2 Å². The van der Waals surface area contributed by atoms with Gasteiger partial charge in [0.2, 0.25) is 5.88 Å². The zero-order valence-corrected chi connectivity index (χ0v) is 15.3. The number of likely N-dealkylation sites (tertiary alicyclic amines) is 1. The minimum absolute atomic E-state index is 0.214. The molecule has 1 amide bonds. The van der Waals surface area contributed by atoms with Crippen molar-refractivity contribution in [2.45, 2.75) is 52.1 Å². The highest BCUT2D eigenvalue weighted by atomic mass is 16.6. The average Bonchev–Trinajstić information content (AvgIpc) is 2.58. The molecule has 1 aliphatic heterocycles. The summed E-state index contributed by atoms with van der Waals surface area (Å²) in [5, 5.41) is 9.01. The van der Waals surface area contributed by atoms with Gasteiger partial charge in [-0.3, -0.25) is 0 Å². The van der Waals surface area contributed by atoms with E-state index in [1.807, 2.05) is 20.8 Å². The Morgan fingerprint density at radius 1 is 1.40 bits per heavy atom. The van der Waals surface area contributed by atoms with Gasteiger partial charge in [-0.2, -0.15) is 5.26 Å². The molecule has 0 spiro atoms. The van der Waals surface area contributed by atoms with Gasteiger partial charge in [0.05, 0.1) is 6.61 Å². The molecule has 1 saturated heterocycles. The fourth-order valence-electron chi connectivity index (χ4n) is 2.86. The lowest BCUT2D eigenvalue weighted by atomic mass is 9.92. The van der Waals surface area contributed by atoms with Crippen LogP contribution in [0.4, 0.5) is 4.79 Å². The molecule has 0 unspecified atom stereocenters. The van der Waals surface area contributed by atoms with Gasteiger partial charge in [0.15, 0.2) is 0 Å². The van der Waals surface area contributed by atoms with Crippen molar-refractivity contribution in [2.75, 3.05) is 19.7 Å². The normalized spacial score (nSPS) is 15.5. The van der Waals surface area contributed by atoms with Gasteiger partial charge in [0.25, 0.3) is 0 Å². The summed E-state index contributed by atoms with van der Waals surface area (Å²) in [6, 6.07) is 5.51. The number of ether oxygens (including phenoxy) is 2. The van der Waals surface area contributed by atoms with Crippen LogP contribution >= 0.6 is 0 Å². The number of carbonyl (C=O) groups is 1. The molecule has 0 N–H and O–H groups in total. The summed E-state index contributed by atoms with van der Waals surface area (Å²) in [6.07, 6.45) is 5.37.